The number of carbonyl (C=O) groups is 4. The summed E-state index contributed by atoms with van der Waals surface area (Å²) in [6.45, 7) is 21.6. The van der Waals surface area contributed by atoms with E-state index in [2.05, 4.69) is 11.9 Å². The van der Waals surface area contributed by atoms with Crippen LogP contribution >= 0.6 is 0 Å². The van der Waals surface area contributed by atoms with E-state index < -0.39 is 113 Å². The first kappa shape index (κ1) is 42.1. The summed E-state index contributed by atoms with van der Waals surface area (Å²) >= 11 is 0. The van der Waals surface area contributed by atoms with Gasteiger partial charge in [-0.3, -0.25) is 9.59 Å². The summed E-state index contributed by atoms with van der Waals surface area (Å²) in [6, 6.07) is -1.08. The highest BCUT2D eigenvalue weighted by Crippen LogP contribution is 2.69. The second kappa shape index (κ2) is 14.5. The van der Waals surface area contributed by atoms with Crippen molar-refractivity contribution in [3.05, 3.63) is 23.8 Å². The number of hydrogen-bond donors (Lipinski definition) is 4. The molecule has 4 N–H and O–H groups in total. The molecule has 1 unspecified atom stereocenters. The quantitative estimate of drug-likeness (QED) is 0.143. The minimum absolute atomic E-state index is 0.0521. The van der Waals surface area contributed by atoms with Crippen molar-refractivity contribution in [1.29, 1.82) is 0 Å². The van der Waals surface area contributed by atoms with Crippen LogP contribution in [0.2, 0.25) is 0 Å². The second-order valence-corrected chi connectivity index (χ2v) is 17.8. The molecule has 5 aliphatic rings. The van der Waals surface area contributed by atoms with E-state index in [1.54, 1.807) is 27.7 Å². The third-order valence-electron chi connectivity index (χ3n) is 12.1. The summed E-state index contributed by atoms with van der Waals surface area (Å²) in [5.74, 6) is -3.44. The zero-order valence-corrected chi connectivity index (χ0v) is 33.3. The Kier molecular flexibility index (Phi) is 11.3. The van der Waals surface area contributed by atoms with Crippen molar-refractivity contribution in [3.8, 4) is 0 Å². The molecule has 0 spiro atoms. The number of carbonyl (C=O) groups excluding carboxylic acids is 4. The van der Waals surface area contributed by atoms with Crippen molar-refractivity contribution in [2.45, 2.75) is 167 Å². The monoisotopic (exact) mass is 765 g/mol. The Hall–Kier alpha value is -3.08. The molecule has 3 aliphatic carbocycles. The van der Waals surface area contributed by atoms with Crippen LogP contribution in [-0.2, 0) is 47.5 Å². The van der Waals surface area contributed by atoms with Gasteiger partial charge < -0.3 is 53.8 Å². The molecule has 4 fully saturated rings. The lowest BCUT2D eigenvalue weighted by atomic mass is 9.49. The molecule has 13 atom stereocenters. The topological polar surface area (TPSA) is 206 Å². The Labute approximate surface area is 317 Å². The van der Waals surface area contributed by atoms with E-state index in [9.17, 15) is 34.5 Å². The van der Waals surface area contributed by atoms with Crippen LogP contribution in [0.3, 0.4) is 0 Å². The van der Waals surface area contributed by atoms with E-state index in [1.807, 2.05) is 20.8 Å². The average Bonchev–Trinajstić information content (AvgIpc) is 3.28. The van der Waals surface area contributed by atoms with Crippen LogP contribution in [0.5, 0.6) is 0 Å². The Morgan fingerprint density at radius 3 is 2.20 bits per heavy atom. The maximum absolute atomic E-state index is 13.9. The molecule has 0 aromatic carbocycles. The van der Waals surface area contributed by atoms with E-state index >= 15 is 0 Å². The van der Waals surface area contributed by atoms with E-state index in [4.69, 9.17) is 33.2 Å². The van der Waals surface area contributed by atoms with Crippen molar-refractivity contribution in [2.24, 2.45) is 22.7 Å². The fourth-order valence-corrected chi connectivity index (χ4v) is 9.94. The van der Waals surface area contributed by atoms with Gasteiger partial charge in [-0.1, -0.05) is 27.4 Å². The van der Waals surface area contributed by atoms with Crippen LogP contribution in [0.15, 0.2) is 23.8 Å². The Morgan fingerprint density at radius 2 is 1.70 bits per heavy atom. The zero-order valence-electron chi connectivity index (χ0n) is 33.3. The molecule has 0 bridgehead atoms. The van der Waals surface area contributed by atoms with E-state index in [1.165, 1.54) is 33.8 Å². The lowest BCUT2D eigenvalue weighted by Crippen LogP contribution is -2.80. The van der Waals surface area contributed by atoms with Crippen molar-refractivity contribution < 1.29 is 67.7 Å². The number of hydrogen-bond acceptors (Lipinski definition) is 14. The van der Waals surface area contributed by atoms with Crippen LogP contribution in [0, 0.1) is 22.7 Å². The van der Waals surface area contributed by atoms with Gasteiger partial charge in [0.05, 0.1) is 35.9 Å². The summed E-state index contributed by atoms with van der Waals surface area (Å²) < 4.78 is 42.7. The lowest BCUT2D eigenvalue weighted by Gasteiger charge is -2.67. The average molecular weight is 766 g/mol. The number of amides is 1. The predicted molar refractivity (Wildman–Crippen MR) is 190 cm³/mol. The normalized spacial score (nSPS) is 38.4. The highest BCUT2D eigenvalue weighted by atomic mass is 16.7. The molecule has 5 rings (SSSR count). The molecule has 0 radical (unpaired) electrons. The molecule has 2 saturated carbocycles. The van der Waals surface area contributed by atoms with Crippen molar-refractivity contribution in [2.75, 3.05) is 6.61 Å². The van der Waals surface area contributed by atoms with Crippen molar-refractivity contribution in [1.82, 2.24) is 5.32 Å². The van der Waals surface area contributed by atoms with Crippen molar-refractivity contribution in [3.63, 3.8) is 0 Å². The van der Waals surface area contributed by atoms with Gasteiger partial charge in [-0.2, -0.15) is 0 Å². The Bertz CT molecular complexity index is 1550. The molecule has 304 valence electrons. The second-order valence-electron chi connectivity index (χ2n) is 17.8. The molecule has 15 nitrogen and oxygen atoms in total. The van der Waals surface area contributed by atoms with Gasteiger partial charge in [0.1, 0.15) is 23.9 Å². The number of aliphatic hydroxyl groups excluding tert-OH is 2. The van der Waals surface area contributed by atoms with Gasteiger partial charge in [0.15, 0.2) is 24.1 Å². The zero-order chi connectivity index (χ0) is 40.5. The predicted octanol–water partition coefficient (Wildman–Crippen LogP) is 3.01. The minimum atomic E-state index is -1.83. The van der Waals surface area contributed by atoms with E-state index in [0.29, 0.717) is 5.57 Å². The summed E-state index contributed by atoms with van der Waals surface area (Å²) in [7, 11) is 0. The molecule has 15 heteroatoms. The highest BCUT2D eigenvalue weighted by Gasteiger charge is 2.80. The number of nitrogens with one attached hydrogen (secondary N) is 1. The molecule has 2 heterocycles. The fraction of sp³-hybridized carbons (Fsp3) is 0.795. The first-order valence-corrected chi connectivity index (χ1v) is 18.8. The number of ether oxygens (including phenoxy) is 7. The van der Waals surface area contributed by atoms with E-state index in [0.717, 1.165) is 0 Å². The number of aliphatic hydroxyl groups is 3. The molecule has 0 aromatic heterocycles. The van der Waals surface area contributed by atoms with E-state index in [-0.39, 0.29) is 37.4 Å². The molecule has 1 amide bonds. The summed E-state index contributed by atoms with van der Waals surface area (Å²) in [5, 5.41) is 39.5. The Balaban J connectivity index is 1.65. The van der Waals surface area contributed by atoms with Gasteiger partial charge in [0, 0.05) is 38.0 Å². The Morgan fingerprint density at radius 1 is 1.06 bits per heavy atom. The van der Waals surface area contributed by atoms with Gasteiger partial charge in [-0.25, -0.2) is 9.59 Å². The largest absolute Gasteiger partial charge is 0.456 e. The minimum Gasteiger partial charge on any atom is -0.456 e. The number of alkyl carbamates (subject to hydrolysis) is 1. The maximum Gasteiger partial charge on any atom is 0.407 e. The fourth-order valence-electron chi connectivity index (χ4n) is 9.94. The SMILES string of the molecule is C=CC1O[C@H]2C[C@H]3OC[C@@]3(OC(C)=O)[C@H]3[C@H](O)[C@]4(C(C)(C)O)C[C@H](OC(=O)[C@H](O)[C@H](CC(C)C)NC(=O)OC(C)(C)C)C(C)=C4[C@H](OC(C)=O)[C@H](O1)[C@]23C. The van der Waals surface area contributed by atoms with Gasteiger partial charge in [0.2, 0.25) is 0 Å². The number of fused-ring (bicyclic) bond motifs is 3. The third-order valence-corrected chi connectivity index (χ3v) is 12.1. The summed E-state index contributed by atoms with van der Waals surface area (Å²) in [6.07, 6.45) is -8.35. The number of rotatable bonds is 10. The van der Waals surface area contributed by atoms with Crippen LogP contribution in [-0.4, -0.2) is 118 Å². The highest BCUT2D eigenvalue weighted by molar-refractivity contribution is 5.77. The third kappa shape index (κ3) is 6.97. The first-order chi connectivity index (χ1) is 24.8. The van der Waals surface area contributed by atoms with Crippen molar-refractivity contribution >= 4 is 24.0 Å². The molecule has 54 heavy (non-hydrogen) atoms. The van der Waals surface area contributed by atoms with Crippen LogP contribution < -0.4 is 5.32 Å². The maximum atomic E-state index is 13.9. The standard InChI is InChI=1S/C39H59NO14/c1-13-26-51-24-15-25-39(17-48-25,53-21(6)42)30-31(44)38(36(10,11)47)16-23(19(4)27(38)29(49-20(5)41)32(52-26)37(24,30)12)50-33(45)28(43)22(14-18(2)3)40-34(46)54-35(7,8)9/h13,18,22-26,28-32,43-44,47H,1,14-17H2,2-12H3,(H,40,46)/t22-,23-,24-,25+,26?,28+,29-,30-,31-,32-,37+,38-,39-/m0/s1. The van der Waals surface area contributed by atoms with Gasteiger partial charge >= 0.3 is 24.0 Å². The van der Waals surface area contributed by atoms with Gasteiger partial charge in [0.25, 0.3) is 0 Å². The van der Waals surface area contributed by atoms with Crippen LogP contribution in [0.4, 0.5) is 4.79 Å². The first-order valence-electron chi connectivity index (χ1n) is 18.8. The molecule has 2 aliphatic heterocycles. The molecular weight excluding hydrogens is 706 g/mol. The van der Waals surface area contributed by atoms with Crippen LogP contribution in [0.25, 0.3) is 0 Å². The summed E-state index contributed by atoms with van der Waals surface area (Å²) in [4.78, 5) is 52.5. The molecule has 2 saturated heterocycles. The number of esters is 3. The smallest absolute Gasteiger partial charge is 0.407 e. The lowest BCUT2D eigenvalue weighted by molar-refractivity contribution is -0.393. The molecule has 0 aromatic rings. The van der Waals surface area contributed by atoms with Crippen LogP contribution in [0.1, 0.15) is 95.4 Å². The van der Waals surface area contributed by atoms with Gasteiger partial charge in [-0.05, 0) is 71.1 Å². The van der Waals surface area contributed by atoms with Gasteiger partial charge in [-0.15, -0.1) is 0 Å². The molecular formula is C39H59NO14. The summed E-state index contributed by atoms with van der Waals surface area (Å²) in [5.41, 5.74) is -6.36.